The van der Waals surface area contributed by atoms with Gasteiger partial charge in [-0.05, 0) is 39.2 Å². The fourth-order valence-corrected chi connectivity index (χ4v) is 3.32. The lowest BCUT2D eigenvalue weighted by molar-refractivity contribution is -0.137. The van der Waals surface area contributed by atoms with Crippen molar-refractivity contribution in [2.45, 2.75) is 50.4 Å². The first-order chi connectivity index (χ1) is 9.50. The van der Waals surface area contributed by atoms with Crippen molar-refractivity contribution in [2.24, 2.45) is 0 Å². The summed E-state index contributed by atoms with van der Waals surface area (Å²) < 4.78 is 43.3. The Hall–Kier alpha value is -0.660. The number of nitrogens with zero attached hydrogens (tertiary/aromatic N) is 1. The van der Waals surface area contributed by atoms with Crippen LogP contribution >= 0.6 is 11.3 Å². The Labute approximate surface area is 120 Å². The van der Waals surface area contributed by atoms with Gasteiger partial charge in [-0.3, -0.25) is 0 Å². The van der Waals surface area contributed by atoms with E-state index >= 15 is 0 Å². The molecular formula is C13H19F3N2OS. The molecule has 0 aromatic carbocycles. The molecule has 7 heteroatoms. The van der Waals surface area contributed by atoms with E-state index in [0.29, 0.717) is 4.88 Å². The Balaban J connectivity index is 1.92. The lowest BCUT2D eigenvalue weighted by Gasteiger charge is -2.24. The van der Waals surface area contributed by atoms with Crippen molar-refractivity contribution in [2.75, 3.05) is 13.7 Å². The third kappa shape index (κ3) is 4.17. The highest BCUT2D eigenvalue weighted by Gasteiger charge is 2.35. The largest absolute Gasteiger partial charge is 0.443 e. The van der Waals surface area contributed by atoms with Crippen LogP contribution in [0.25, 0.3) is 0 Å². The number of rotatable bonds is 5. The first-order valence-corrected chi connectivity index (χ1v) is 7.64. The Morgan fingerprint density at radius 3 is 2.85 bits per heavy atom. The molecule has 1 saturated heterocycles. The highest BCUT2D eigenvalue weighted by Crippen LogP contribution is 2.35. The summed E-state index contributed by atoms with van der Waals surface area (Å²) in [6, 6.07) is -0.0888. The van der Waals surface area contributed by atoms with Gasteiger partial charge < -0.3 is 10.1 Å². The van der Waals surface area contributed by atoms with E-state index in [1.807, 2.05) is 0 Å². The number of ether oxygens (including phenoxy) is 1. The molecule has 20 heavy (non-hydrogen) atoms. The molecule has 1 N–H and O–H groups in total. The van der Waals surface area contributed by atoms with Crippen molar-refractivity contribution in [1.29, 1.82) is 0 Å². The van der Waals surface area contributed by atoms with E-state index in [2.05, 4.69) is 10.3 Å². The predicted molar refractivity (Wildman–Crippen MR) is 71.7 cm³/mol. The monoisotopic (exact) mass is 308 g/mol. The summed E-state index contributed by atoms with van der Waals surface area (Å²) in [6.07, 6.45) is 2.18. The minimum Gasteiger partial charge on any atom is -0.378 e. The minimum atomic E-state index is -4.35. The van der Waals surface area contributed by atoms with Gasteiger partial charge >= 0.3 is 6.18 Å². The SMILES string of the molecule is CNC(CCC1CCCCO1)c1cnc(C(F)(F)F)s1. The lowest BCUT2D eigenvalue weighted by atomic mass is 10.0. The predicted octanol–water partition coefficient (Wildman–Crippen LogP) is 3.77. The van der Waals surface area contributed by atoms with E-state index in [0.717, 1.165) is 43.6 Å². The van der Waals surface area contributed by atoms with Crippen LogP contribution in [0.2, 0.25) is 0 Å². The van der Waals surface area contributed by atoms with Crippen LogP contribution < -0.4 is 5.32 Å². The van der Waals surface area contributed by atoms with E-state index < -0.39 is 11.2 Å². The molecule has 114 valence electrons. The summed E-state index contributed by atoms with van der Waals surface area (Å²) in [5.41, 5.74) is 0. The fourth-order valence-electron chi connectivity index (χ4n) is 2.40. The summed E-state index contributed by atoms with van der Waals surface area (Å²) >= 11 is 0.720. The number of hydrogen-bond donors (Lipinski definition) is 1. The molecule has 1 aromatic rings. The molecule has 3 nitrogen and oxygen atoms in total. The molecule has 0 spiro atoms. The Morgan fingerprint density at radius 1 is 1.50 bits per heavy atom. The van der Waals surface area contributed by atoms with Gasteiger partial charge in [0, 0.05) is 23.7 Å². The minimum absolute atomic E-state index is 0.0888. The highest BCUT2D eigenvalue weighted by atomic mass is 32.1. The smallest absolute Gasteiger partial charge is 0.378 e. The molecule has 0 amide bonds. The molecule has 0 bridgehead atoms. The van der Waals surface area contributed by atoms with Crippen molar-refractivity contribution in [3.8, 4) is 0 Å². The molecular weight excluding hydrogens is 289 g/mol. The number of nitrogens with one attached hydrogen (secondary N) is 1. The number of thiazole rings is 1. The number of hydrogen-bond acceptors (Lipinski definition) is 4. The van der Waals surface area contributed by atoms with Crippen LogP contribution in [0.1, 0.15) is 48.0 Å². The van der Waals surface area contributed by atoms with Crippen LogP contribution in [0.3, 0.4) is 0 Å². The second-order valence-corrected chi connectivity index (χ2v) is 6.03. The molecule has 0 saturated carbocycles. The molecule has 2 unspecified atom stereocenters. The maximum absolute atomic E-state index is 12.6. The van der Waals surface area contributed by atoms with Crippen LogP contribution in [0.5, 0.6) is 0 Å². The van der Waals surface area contributed by atoms with Crippen molar-refractivity contribution >= 4 is 11.3 Å². The zero-order valence-corrected chi connectivity index (χ0v) is 12.2. The second-order valence-electron chi connectivity index (χ2n) is 4.97. The van der Waals surface area contributed by atoms with Gasteiger partial charge in [0.1, 0.15) is 0 Å². The standard InChI is InChI=1S/C13H19F3N2OS/c1-17-10(6-5-9-4-2-3-7-19-9)11-8-18-12(20-11)13(14,15)16/h8-10,17H,2-7H2,1H3. The van der Waals surface area contributed by atoms with Gasteiger partial charge in [0.25, 0.3) is 0 Å². The van der Waals surface area contributed by atoms with E-state index in [1.165, 1.54) is 12.6 Å². The zero-order valence-electron chi connectivity index (χ0n) is 11.4. The lowest BCUT2D eigenvalue weighted by Crippen LogP contribution is -2.22. The summed E-state index contributed by atoms with van der Waals surface area (Å²) in [4.78, 5) is 4.11. The van der Waals surface area contributed by atoms with Gasteiger partial charge in [-0.2, -0.15) is 13.2 Å². The van der Waals surface area contributed by atoms with Gasteiger partial charge in [-0.15, -0.1) is 11.3 Å². The van der Waals surface area contributed by atoms with Gasteiger partial charge in [-0.1, -0.05) is 0 Å². The third-order valence-corrected chi connectivity index (χ3v) is 4.67. The molecule has 2 rings (SSSR count). The fraction of sp³-hybridized carbons (Fsp3) is 0.769. The maximum atomic E-state index is 12.6. The summed E-state index contributed by atoms with van der Waals surface area (Å²) in [6.45, 7) is 0.799. The van der Waals surface area contributed by atoms with Gasteiger partial charge in [0.05, 0.1) is 6.10 Å². The van der Waals surface area contributed by atoms with Crippen LogP contribution in [0, 0.1) is 0 Å². The first-order valence-electron chi connectivity index (χ1n) is 6.82. The van der Waals surface area contributed by atoms with Gasteiger partial charge in [-0.25, -0.2) is 4.98 Å². The summed E-state index contributed by atoms with van der Waals surface area (Å²) in [5.74, 6) is 0. The van der Waals surface area contributed by atoms with Gasteiger partial charge in [0.15, 0.2) is 5.01 Å². The first kappa shape index (κ1) is 15.7. The quantitative estimate of drug-likeness (QED) is 0.899. The molecule has 1 fully saturated rings. The Kier molecular flexibility index (Phi) is 5.40. The zero-order chi connectivity index (χ0) is 14.6. The number of aromatic nitrogens is 1. The Bertz CT molecular complexity index is 416. The van der Waals surface area contributed by atoms with E-state index in [9.17, 15) is 13.2 Å². The average molecular weight is 308 g/mol. The van der Waals surface area contributed by atoms with Crippen LogP contribution in [-0.4, -0.2) is 24.7 Å². The highest BCUT2D eigenvalue weighted by molar-refractivity contribution is 7.11. The van der Waals surface area contributed by atoms with Crippen molar-refractivity contribution in [3.05, 3.63) is 16.1 Å². The molecule has 1 aromatic heterocycles. The van der Waals surface area contributed by atoms with Crippen LogP contribution in [0.4, 0.5) is 13.2 Å². The molecule has 1 aliphatic rings. The van der Waals surface area contributed by atoms with E-state index in [-0.39, 0.29) is 12.1 Å². The van der Waals surface area contributed by atoms with Crippen LogP contribution in [0.15, 0.2) is 6.20 Å². The summed E-state index contributed by atoms with van der Waals surface area (Å²) in [7, 11) is 1.76. The third-order valence-electron chi connectivity index (χ3n) is 3.51. The molecule has 0 radical (unpaired) electrons. The Morgan fingerprint density at radius 2 is 2.30 bits per heavy atom. The molecule has 2 heterocycles. The van der Waals surface area contributed by atoms with Crippen LogP contribution in [-0.2, 0) is 10.9 Å². The van der Waals surface area contributed by atoms with Gasteiger partial charge in [0.2, 0.25) is 0 Å². The molecule has 1 aliphatic heterocycles. The number of alkyl halides is 3. The summed E-state index contributed by atoms with van der Waals surface area (Å²) in [5, 5.41) is 2.29. The normalized spacial score (nSPS) is 21.9. The van der Waals surface area contributed by atoms with E-state index in [4.69, 9.17) is 4.74 Å². The van der Waals surface area contributed by atoms with E-state index in [1.54, 1.807) is 7.05 Å². The van der Waals surface area contributed by atoms with Crippen molar-refractivity contribution < 1.29 is 17.9 Å². The second kappa shape index (κ2) is 6.87. The molecule has 0 aliphatic carbocycles. The van der Waals surface area contributed by atoms with Crippen molar-refractivity contribution in [3.63, 3.8) is 0 Å². The topological polar surface area (TPSA) is 34.1 Å². The van der Waals surface area contributed by atoms with Crippen molar-refractivity contribution in [1.82, 2.24) is 10.3 Å². The average Bonchev–Trinajstić information content (AvgIpc) is 2.90. The maximum Gasteiger partial charge on any atom is 0.443 e. The number of halogens is 3. The molecule has 2 atom stereocenters.